The zero-order valence-electron chi connectivity index (χ0n) is 8.59. The summed E-state index contributed by atoms with van der Waals surface area (Å²) in [6, 6.07) is 2.48. The van der Waals surface area contributed by atoms with Crippen LogP contribution in [0.5, 0.6) is 0 Å². The van der Waals surface area contributed by atoms with Crippen LogP contribution < -0.4 is 5.32 Å². The van der Waals surface area contributed by atoms with E-state index in [9.17, 15) is 4.79 Å². The molecule has 2 nitrogen and oxygen atoms in total. The van der Waals surface area contributed by atoms with Gasteiger partial charge in [0.15, 0.2) is 0 Å². The molecule has 1 aromatic heterocycles. The summed E-state index contributed by atoms with van der Waals surface area (Å²) in [6.07, 6.45) is 3.31. The van der Waals surface area contributed by atoms with Crippen LogP contribution >= 0.6 is 11.3 Å². The summed E-state index contributed by atoms with van der Waals surface area (Å²) >= 11 is 1.60. The van der Waals surface area contributed by atoms with Crippen molar-refractivity contribution >= 4 is 17.2 Å². The van der Waals surface area contributed by atoms with Crippen LogP contribution in [0.3, 0.4) is 0 Å². The number of carbonyl (C=O) groups is 1. The molecule has 1 aromatic rings. The highest BCUT2D eigenvalue weighted by Crippen LogP contribution is 2.24. The lowest BCUT2D eigenvalue weighted by molar-refractivity contribution is 0.0955. The second-order valence-corrected chi connectivity index (χ2v) is 5.05. The van der Waals surface area contributed by atoms with Crippen LogP contribution in [0.15, 0.2) is 6.07 Å². The average Bonchev–Trinajstić information content (AvgIpc) is 2.87. The molecule has 2 rings (SSSR count). The van der Waals surface area contributed by atoms with Crippen LogP contribution in [-0.4, -0.2) is 11.9 Å². The van der Waals surface area contributed by atoms with Gasteiger partial charge >= 0.3 is 0 Å². The molecular weight excluding hydrogens is 194 g/mol. The van der Waals surface area contributed by atoms with Gasteiger partial charge < -0.3 is 5.32 Å². The standard InChI is InChI=1S/C11H15NOS/c1-3-8-6-10(14-7(8)2)11(13)12-9-4-5-9/h6,9H,3-5H2,1-2H3,(H,12,13). The van der Waals surface area contributed by atoms with Gasteiger partial charge in [0.2, 0.25) is 0 Å². The largest absolute Gasteiger partial charge is 0.349 e. The Balaban J connectivity index is 2.10. The fourth-order valence-electron chi connectivity index (χ4n) is 1.47. The van der Waals surface area contributed by atoms with Gasteiger partial charge in [0.05, 0.1) is 4.88 Å². The number of amides is 1. The van der Waals surface area contributed by atoms with E-state index >= 15 is 0 Å². The minimum Gasteiger partial charge on any atom is -0.349 e. The number of hydrogen-bond donors (Lipinski definition) is 1. The Morgan fingerprint density at radius 2 is 2.36 bits per heavy atom. The topological polar surface area (TPSA) is 29.1 Å². The van der Waals surface area contributed by atoms with Gasteiger partial charge in [0, 0.05) is 10.9 Å². The molecule has 0 saturated heterocycles. The van der Waals surface area contributed by atoms with Gasteiger partial charge in [-0.25, -0.2) is 0 Å². The van der Waals surface area contributed by atoms with Crippen molar-refractivity contribution in [2.24, 2.45) is 0 Å². The van der Waals surface area contributed by atoms with E-state index in [-0.39, 0.29) is 5.91 Å². The van der Waals surface area contributed by atoms with E-state index in [1.54, 1.807) is 11.3 Å². The number of rotatable bonds is 3. The molecular formula is C11H15NOS. The van der Waals surface area contributed by atoms with E-state index in [2.05, 4.69) is 19.2 Å². The van der Waals surface area contributed by atoms with Gasteiger partial charge in [-0.1, -0.05) is 6.92 Å². The van der Waals surface area contributed by atoms with Crippen molar-refractivity contribution < 1.29 is 4.79 Å². The Bertz CT molecular complexity index is 352. The van der Waals surface area contributed by atoms with E-state index in [1.807, 2.05) is 6.07 Å². The molecule has 0 atom stereocenters. The normalized spacial score (nSPS) is 15.6. The predicted octanol–water partition coefficient (Wildman–Crippen LogP) is 2.51. The SMILES string of the molecule is CCc1cc(C(=O)NC2CC2)sc1C. The predicted molar refractivity (Wildman–Crippen MR) is 58.9 cm³/mol. The fourth-order valence-corrected chi connectivity index (χ4v) is 2.48. The molecule has 0 radical (unpaired) electrons. The molecule has 0 spiro atoms. The highest BCUT2D eigenvalue weighted by Gasteiger charge is 2.24. The summed E-state index contributed by atoms with van der Waals surface area (Å²) in [4.78, 5) is 13.8. The first-order chi connectivity index (χ1) is 6.70. The Morgan fingerprint density at radius 1 is 1.64 bits per heavy atom. The molecule has 0 unspecified atom stereocenters. The van der Waals surface area contributed by atoms with Gasteiger partial charge in [-0.3, -0.25) is 4.79 Å². The van der Waals surface area contributed by atoms with Crippen molar-refractivity contribution in [3.8, 4) is 0 Å². The number of thiophene rings is 1. The van der Waals surface area contributed by atoms with E-state index in [0.29, 0.717) is 6.04 Å². The summed E-state index contributed by atoms with van der Waals surface area (Å²) in [5, 5.41) is 3.01. The minimum atomic E-state index is 0.111. The van der Waals surface area contributed by atoms with Gasteiger partial charge in [0.1, 0.15) is 0 Å². The highest BCUT2D eigenvalue weighted by molar-refractivity contribution is 7.14. The number of carbonyl (C=O) groups excluding carboxylic acids is 1. The molecule has 1 saturated carbocycles. The van der Waals surface area contributed by atoms with Gasteiger partial charge in [-0.2, -0.15) is 0 Å². The maximum atomic E-state index is 11.7. The number of nitrogens with one attached hydrogen (secondary N) is 1. The zero-order chi connectivity index (χ0) is 10.1. The van der Waals surface area contributed by atoms with E-state index in [0.717, 1.165) is 24.1 Å². The first-order valence-electron chi connectivity index (χ1n) is 5.11. The lowest BCUT2D eigenvalue weighted by atomic mass is 10.2. The Morgan fingerprint density at radius 3 is 2.86 bits per heavy atom. The van der Waals surface area contributed by atoms with E-state index < -0.39 is 0 Å². The molecule has 0 aromatic carbocycles. The van der Waals surface area contributed by atoms with Crippen LogP contribution in [0.1, 0.15) is 39.9 Å². The van der Waals surface area contributed by atoms with Gasteiger partial charge in [-0.15, -0.1) is 11.3 Å². The van der Waals surface area contributed by atoms with Crippen LogP contribution in [0.4, 0.5) is 0 Å². The van der Waals surface area contributed by atoms with Crippen molar-refractivity contribution in [1.29, 1.82) is 0 Å². The molecule has 0 aliphatic heterocycles. The smallest absolute Gasteiger partial charge is 0.261 e. The molecule has 14 heavy (non-hydrogen) atoms. The molecule has 76 valence electrons. The van der Waals surface area contributed by atoms with Gasteiger partial charge in [0.25, 0.3) is 5.91 Å². The van der Waals surface area contributed by atoms with E-state index in [1.165, 1.54) is 10.4 Å². The quantitative estimate of drug-likeness (QED) is 0.814. The minimum absolute atomic E-state index is 0.111. The second-order valence-electron chi connectivity index (χ2n) is 3.79. The van der Waals surface area contributed by atoms with Crippen LogP contribution in [-0.2, 0) is 6.42 Å². The molecule has 1 aliphatic rings. The summed E-state index contributed by atoms with van der Waals surface area (Å²) in [5.74, 6) is 0.111. The number of aryl methyl sites for hydroxylation is 2. The first-order valence-corrected chi connectivity index (χ1v) is 5.92. The third-order valence-corrected chi connectivity index (χ3v) is 3.63. The maximum absolute atomic E-state index is 11.7. The van der Waals surface area contributed by atoms with Crippen LogP contribution in [0.25, 0.3) is 0 Å². The molecule has 1 heterocycles. The monoisotopic (exact) mass is 209 g/mol. The Hall–Kier alpha value is -0.830. The van der Waals surface area contributed by atoms with Gasteiger partial charge in [-0.05, 0) is 37.8 Å². The number of hydrogen-bond acceptors (Lipinski definition) is 2. The van der Waals surface area contributed by atoms with Crippen molar-refractivity contribution in [2.45, 2.75) is 39.2 Å². The summed E-state index contributed by atoms with van der Waals surface area (Å²) in [6.45, 7) is 4.20. The third kappa shape index (κ3) is 1.98. The molecule has 0 bridgehead atoms. The first kappa shape index (κ1) is 9.71. The maximum Gasteiger partial charge on any atom is 0.261 e. The second kappa shape index (κ2) is 3.73. The highest BCUT2D eigenvalue weighted by atomic mass is 32.1. The lowest BCUT2D eigenvalue weighted by Crippen LogP contribution is -2.24. The summed E-state index contributed by atoms with van der Waals surface area (Å²) < 4.78 is 0. The molecule has 1 N–H and O–H groups in total. The van der Waals surface area contributed by atoms with Crippen LogP contribution in [0, 0.1) is 6.92 Å². The zero-order valence-corrected chi connectivity index (χ0v) is 9.41. The average molecular weight is 209 g/mol. The van der Waals surface area contributed by atoms with E-state index in [4.69, 9.17) is 0 Å². The molecule has 1 aliphatic carbocycles. The molecule has 1 fully saturated rings. The Kier molecular flexibility index (Phi) is 2.59. The lowest BCUT2D eigenvalue weighted by Gasteiger charge is -1.98. The summed E-state index contributed by atoms with van der Waals surface area (Å²) in [7, 11) is 0. The van der Waals surface area contributed by atoms with Crippen LogP contribution in [0.2, 0.25) is 0 Å². The molecule has 1 amide bonds. The van der Waals surface area contributed by atoms with Crippen molar-refractivity contribution in [3.05, 3.63) is 21.4 Å². The summed E-state index contributed by atoms with van der Waals surface area (Å²) in [5.41, 5.74) is 1.30. The fraction of sp³-hybridized carbons (Fsp3) is 0.545. The molecule has 3 heteroatoms. The van der Waals surface area contributed by atoms with Crippen molar-refractivity contribution in [2.75, 3.05) is 0 Å². The van der Waals surface area contributed by atoms with Crippen molar-refractivity contribution in [1.82, 2.24) is 5.32 Å². The Labute approximate surface area is 88.3 Å². The van der Waals surface area contributed by atoms with Crippen molar-refractivity contribution in [3.63, 3.8) is 0 Å². The third-order valence-electron chi connectivity index (χ3n) is 2.54.